The van der Waals surface area contributed by atoms with Crippen molar-refractivity contribution in [2.75, 3.05) is 11.6 Å². The molecular weight excluding hydrogens is 449 g/mol. The van der Waals surface area contributed by atoms with Gasteiger partial charge in [0, 0.05) is 41.0 Å². The molecule has 3 aromatic carbocycles. The molecule has 0 aliphatic heterocycles. The zero-order chi connectivity index (χ0) is 23.7. The van der Waals surface area contributed by atoms with Gasteiger partial charge in [-0.1, -0.05) is 24.3 Å². The number of aromatic nitrogens is 2. The Morgan fingerprint density at radius 2 is 1.41 bits per heavy atom. The highest BCUT2D eigenvalue weighted by atomic mass is 32.2. The van der Waals surface area contributed by atoms with Gasteiger partial charge in [-0.2, -0.15) is 0 Å². The lowest BCUT2D eigenvalue weighted by Crippen LogP contribution is -1.96. The molecule has 34 heavy (non-hydrogen) atoms. The molecule has 2 heterocycles. The fourth-order valence-electron chi connectivity index (χ4n) is 3.77. The summed E-state index contributed by atoms with van der Waals surface area (Å²) in [5.74, 6) is -0.285. The van der Waals surface area contributed by atoms with Crippen LogP contribution in [0.5, 0.6) is 0 Å². The number of anilines is 2. The number of halogens is 1. The maximum absolute atomic E-state index is 13.3. The Hall–Kier alpha value is -4.10. The highest BCUT2D eigenvalue weighted by molar-refractivity contribution is 7.90. The maximum Gasteiger partial charge on any atom is 0.175 e. The largest absolute Gasteiger partial charge is 0.355 e. The molecule has 168 valence electrons. The van der Waals surface area contributed by atoms with Crippen LogP contribution in [-0.2, 0) is 9.84 Å². The predicted octanol–water partition coefficient (Wildman–Crippen LogP) is 6.25. The molecule has 0 aliphatic rings. The van der Waals surface area contributed by atoms with Gasteiger partial charge in [0.2, 0.25) is 0 Å². The minimum atomic E-state index is -3.24. The van der Waals surface area contributed by atoms with Crippen molar-refractivity contribution in [3.8, 4) is 22.4 Å². The molecular formula is C27H20FN3O2S. The minimum Gasteiger partial charge on any atom is -0.355 e. The number of sulfone groups is 1. The van der Waals surface area contributed by atoms with Crippen LogP contribution >= 0.6 is 0 Å². The standard InChI is InChI=1S/C27H20FN3O2S/c1-34(32,33)23-9-4-18(5-10-23)20-6-11-24-25(13-15-30-27(24)16-20)31-22-12-14-29-26(17-22)19-2-7-21(28)8-3-19/h2-17H,1H3,(H,29,30,31). The van der Waals surface area contributed by atoms with Crippen LogP contribution in [0.25, 0.3) is 33.3 Å². The van der Waals surface area contributed by atoms with Crippen molar-refractivity contribution in [3.05, 3.63) is 103 Å². The lowest BCUT2D eigenvalue weighted by Gasteiger charge is -2.12. The van der Waals surface area contributed by atoms with Gasteiger partial charge < -0.3 is 5.32 Å². The summed E-state index contributed by atoms with van der Waals surface area (Å²) in [6.45, 7) is 0. The first-order valence-electron chi connectivity index (χ1n) is 10.6. The van der Waals surface area contributed by atoms with Gasteiger partial charge in [0.15, 0.2) is 9.84 Å². The quantitative estimate of drug-likeness (QED) is 0.329. The molecule has 0 saturated heterocycles. The van der Waals surface area contributed by atoms with Crippen molar-refractivity contribution < 1.29 is 12.8 Å². The number of hydrogen-bond acceptors (Lipinski definition) is 5. The summed E-state index contributed by atoms with van der Waals surface area (Å²) in [6.07, 6.45) is 4.65. The molecule has 2 aromatic heterocycles. The van der Waals surface area contributed by atoms with Crippen LogP contribution in [0.15, 0.2) is 102 Å². The van der Waals surface area contributed by atoms with Crippen molar-refractivity contribution in [1.29, 1.82) is 0 Å². The van der Waals surface area contributed by atoms with E-state index in [1.165, 1.54) is 18.4 Å². The number of rotatable bonds is 5. The average molecular weight is 470 g/mol. The first-order chi connectivity index (χ1) is 16.4. The van der Waals surface area contributed by atoms with Gasteiger partial charge in [-0.05, 0) is 71.8 Å². The minimum absolute atomic E-state index is 0.285. The highest BCUT2D eigenvalue weighted by Gasteiger charge is 2.09. The first kappa shape index (κ1) is 21.7. The van der Waals surface area contributed by atoms with Crippen LogP contribution in [0, 0.1) is 5.82 Å². The van der Waals surface area contributed by atoms with Gasteiger partial charge in [0.25, 0.3) is 0 Å². The SMILES string of the molecule is CS(=O)(=O)c1ccc(-c2ccc3c(Nc4ccnc(-c5ccc(F)cc5)c4)ccnc3c2)cc1. The fraction of sp³-hybridized carbons (Fsp3) is 0.0370. The van der Waals surface area contributed by atoms with Crippen LogP contribution in [-0.4, -0.2) is 24.6 Å². The molecule has 0 saturated carbocycles. The van der Waals surface area contributed by atoms with Crippen LogP contribution < -0.4 is 5.32 Å². The molecule has 0 aliphatic carbocycles. The smallest absolute Gasteiger partial charge is 0.175 e. The second-order valence-corrected chi connectivity index (χ2v) is 9.96. The first-order valence-corrected chi connectivity index (χ1v) is 12.4. The van der Waals surface area contributed by atoms with Gasteiger partial charge in [-0.3, -0.25) is 9.97 Å². The zero-order valence-electron chi connectivity index (χ0n) is 18.2. The van der Waals surface area contributed by atoms with E-state index in [4.69, 9.17) is 0 Å². The molecule has 0 bridgehead atoms. The zero-order valence-corrected chi connectivity index (χ0v) is 19.1. The molecule has 0 unspecified atom stereocenters. The fourth-order valence-corrected chi connectivity index (χ4v) is 4.40. The van der Waals surface area contributed by atoms with Crippen LogP contribution in [0.2, 0.25) is 0 Å². The molecule has 0 amide bonds. The number of hydrogen-bond donors (Lipinski definition) is 1. The highest BCUT2D eigenvalue weighted by Crippen LogP contribution is 2.30. The van der Waals surface area contributed by atoms with Gasteiger partial charge in [-0.15, -0.1) is 0 Å². The number of pyridine rings is 2. The van der Waals surface area contributed by atoms with E-state index < -0.39 is 9.84 Å². The molecule has 7 heteroatoms. The Bertz CT molecular complexity index is 1600. The third-order valence-electron chi connectivity index (χ3n) is 5.54. The average Bonchev–Trinajstić information content (AvgIpc) is 2.84. The molecule has 5 rings (SSSR count). The Morgan fingerprint density at radius 3 is 2.15 bits per heavy atom. The van der Waals surface area contributed by atoms with E-state index in [1.54, 1.807) is 48.8 Å². The van der Waals surface area contributed by atoms with Gasteiger partial charge >= 0.3 is 0 Å². The van der Waals surface area contributed by atoms with E-state index in [0.717, 1.165) is 44.7 Å². The summed E-state index contributed by atoms with van der Waals surface area (Å²) in [6, 6.07) is 24.7. The van der Waals surface area contributed by atoms with E-state index in [-0.39, 0.29) is 5.82 Å². The molecule has 1 N–H and O–H groups in total. The van der Waals surface area contributed by atoms with E-state index in [0.29, 0.717) is 4.90 Å². The summed E-state index contributed by atoms with van der Waals surface area (Å²) < 4.78 is 36.7. The number of fused-ring (bicyclic) bond motifs is 1. The molecule has 0 radical (unpaired) electrons. The van der Waals surface area contributed by atoms with E-state index in [1.807, 2.05) is 36.4 Å². The molecule has 0 fully saturated rings. The third-order valence-corrected chi connectivity index (χ3v) is 6.67. The summed E-state index contributed by atoms with van der Waals surface area (Å²) >= 11 is 0. The number of benzene rings is 3. The van der Waals surface area contributed by atoms with Crippen LogP contribution in [0.1, 0.15) is 0 Å². The summed E-state index contributed by atoms with van der Waals surface area (Å²) in [4.78, 5) is 9.20. The normalized spacial score (nSPS) is 11.5. The van der Waals surface area contributed by atoms with Crippen LogP contribution in [0.4, 0.5) is 15.8 Å². The molecule has 5 aromatic rings. The van der Waals surface area contributed by atoms with Crippen molar-refractivity contribution in [2.45, 2.75) is 4.90 Å². The topological polar surface area (TPSA) is 72.0 Å². The van der Waals surface area contributed by atoms with Crippen molar-refractivity contribution in [2.24, 2.45) is 0 Å². The van der Waals surface area contributed by atoms with Crippen molar-refractivity contribution in [1.82, 2.24) is 9.97 Å². The number of nitrogens with one attached hydrogen (secondary N) is 1. The summed E-state index contributed by atoms with van der Waals surface area (Å²) in [5, 5.41) is 4.37. The second-order valence-electron chi connectivity index (χ2n) is 7.95. The monoisotopic (exact) mass is 469 g/mol. The molecule has 5 nitrogen and oxygen atoms in total. The predicted molar refractivity (Wildman–Crippen MR) is 133 cm³/mol. The Morgan fingerprint density at radius 1 is 0.735 bits per heavy atom. The van der Waals surface area contributed by atoms with Gasteiger partial charge in [-0.25, -0.2) is 12.8 Å². The van der Waals surface area contributed by atoms with E-state index in [9.17, 15) is 12.8 Å². The van der Waals surface area contributed by atoms with E-state index in [2.05, 4.69) is 15.3 Å². The maximum atomic E-state index is 13.3. The van der Waals surface area contributed by atoms with Gasteiger partial charge in [0.1, 0.15) is 5.82 Å². The second kappa shape index (κ2) is 8.68. The van der Waals surface area contributed by atoms with Crippen molar-refractivity contribution in [3.63, 3.8) is 0 Å². The lowest BCUT2D eigenvalue weighted by atomic mass is 10.0. The van der Waals surface area contributed by atoms with Crippen molar-refractivity contribution >= 4 is 32.1 Å². The molecule has 0 spiro atoms. The Kier molecular flexibility index (Phi) is 5.55. The summed E-state index contributed by atoms with van der Waals surface area (Å²) in [7, 11) is -3.24. The number of nitrogens with zero attached hydrogens (tertiary/aromatic N) is 2. The molecule has 0 atom stereocenters. The lowest BCUT2D eigenvalue weighted by molar-refractivity contribution is 0.602. The Labute approximate surface area is 196 Å². The Balaban J connectivity index is 1.45. The van der Waals surface area contributed by atoms with E-state index >= 15 is 0 Å². The van der Waals surface area contributed by atoms with Crippen LogP contribution in [0.3, 0.4) is 0 Å². The third kappa shape index (κ3) is 4.51. The summed E-state index contributed by atoms with van der Waals surface area (Å²) in [5.41, 5.74) is 5.97. The van der Waals surface area contributed by atoms with Gasteiger partial charge in [0.05, 0.1) is 16.1 Å².